The van der Waals surface area contributed by atoms with E-state index in [-0.39, 0.29) is 11.7 Å². The number of nitrogens with one attached hydrogen (secondary N) is 1. The highest BCUT2D eigenvalue weighted by atomic mass is 16.2. The summed E-state index contributed by atoms with van der Waals surface area (Å²) in [6.07, 6.45) is 1.49. The van der Waals surface area contributed by atoms with Crippen molar-refractivity contribution >= 4 is 17.4 Å². The zero-order chi connectivity index (χ0) is 12.8. The first kappa shape index (κ1) is 13.2. The third-order valence-corrected chi connectivity index (χ3v) is 2.58. The van der Waals surface area contributed by atoms with E-state index in [9.17, 15) is 9.59 Å². The molecule has 1 atom stereocenters. The summed E-state index contributed by atoms with van der Waals surface area (Å²) in [6, 6.07) is 6.40. The summed E-state index contributed by atoms with van der Waals surface area (Å²) < 4.78 is 0. The predicted molar refractivity (Wildman–Crippen MR) is 67.7 cm³/mol. The van der Waals surface area contributed by atoms with Crippen molar-refractivity contribution in [3.05, 3.63) is 29.8 Å². The van der Waals surface area contributed by atoms with E-state index in [0.717, 1.165) is 6.42 Å². The van der Waals surface area contributed by atoms with Gasteiger partial charge in [0.25, 0.3) is 5.91 Å². The monoisotopic (exact) mass is 234 g/mol. The number of ketones is 1. The number of hydrogen-bond donors (Lipinski definition) is 2. The third-order valence-electron chi connectivity index (χ3n) is 2.58. The highest BCUT2D eigenvalue weighted by Crippen LogP contribution is 2.11. The fourth-order valence-electron chi connectivity index (χ4n) is 1.61. The molecule has 0 saturated heterocycles. The highest BCUT2D eigenvalue weighted by Gasteiger charge is 2.17. The number of nitrogens with two attached hydrogens (primary N) is 1. The van der Waals surface area contributed by atoms with Crippen molar-refractivity contribution in [3.8, 4) is 0 Å². The minimum absolute atomic E-state index is 0.0327. The second-order valence-corrected chi connectivity index (χ2v) is 4.01. The van der Waals surface area contributed by atoms with Crippen molar-refractivity contribution in [2.24, 2.45) is 0 Å². The van der Waals surface area contributed by atoms with Crippen molar-refractivity contribution in [1.29, 1.82) is 0 Å². The summed E-state index contributed by atoms with van der Waals surface area (Å²) in [5, 5.41) is 2.71. The summed E-state index contributed by atoms with van der Waals surface area (Å²) in [5.41, 5.74) is 6.53. The first-order chi connectivity index (χ1) is 8.06. The Hall–Kier alpha value is -1.84. The van der Waals surface area contributed by atoms with Crippen LogP contribution >= 0.6 is 0 Å². The standard InChI is InChI=1S/C13H18N2O2/c1-3-6-12(9(2)16)15-13(17)10-7-4-5-8-11(10)14/h4-5,7-8,12H,3,6,14H2,1-2H3,(H,15,17). The molecule has 0 spiro atoms. The molecule has 0 fully saturated rings. The molecule has 3 N–H and O–H groups in total. The fraction of sp³-hybridized carbons (Fsp3) is 0.385. The fourth-order valence-corrected chi connectivity index (χ4v) is 1.61. The van der Waals surface area contributed by atoms with Gasteiger partial charge in [-0.2, -0.15) is 0 Å². The van der Waals surface area contributed by atoms with Gasteiger partial charge in [-0.25, -0.2) is 0 Å². The second-order valence-electron chi connectivity index (χ2n) is 4.01. The Balaban J connectivity index is 2.77. The van der Waals surface area contributed by atoms with Crippen LogP contribution in [0.2, 0.25) is 0 Å². The van der Waals surface area contributed by atoms with Gasteiger partial charge in [-0.15, -0.1) is 0 Å². The number of nitrogen functional groups attached to an aromatic ring is 1. The molecule has 1 aromatic carbocycles. The number of hydrogen-bond acceptors (Lipinski definition) is 3. The normalized spacial score (nSPS) is 11.9. The summed E-state index contributed by atoms with van der Waals surface area (Å²) >= 11 is 0. The predicted octanol–water partition coefficient (Wildman–Crippen LogP) is 1.76. The van der Waals surface area contributed by atoms with Crippen molar-refractivity contribution in [2.75, 3.05) is 5.73 Å². The molecule has 4 heteroatoms. The molecule has 0 aliphatic carbocycles. The van der Waals surface area contributed by atoms with Gasteiger partial charge in [0.2, 0.25) is 0 Å². The highest BCUT2D eigenvalue weighted by molar-refractivity contribution is 6.01. The molecule has 4 nitrogen and oxygen atoms in total. The smallest absolute Gasteiger partial charge is 0.253 e. The molecule has 0 aliphatic heterocycles. The Morgan fingerprint density at radius 2 is 2.00 bits per heavy atom. The quantitative estimate of drug-likeness (QED) is 0.762. The van der Waals surface area contributed by atoms with Gasteiger partial charge in [-0.05, 0) is 25.5 Å². The SMILES string of the molecule is CCCC(NC(=O)c1ccccc1N)C(C)=O. The topological polar surface area (TPSA) is 72.2 Å². The maximum Gasteiger partial charge on any atom is 0.253 e. The summed E-state index contributed by atoms with van der Waals surface area (Å²) in [5.74, 6) is -0.327. The summed E-state index contributed by atoms with van der Waals surface area (Å²) in [7, 11) is 0. The largest absolute Gasteiger partial charge is 0.398 e. The third kappa shape index (κ3) is 3.59. The molecule has 0 aromatic heterocycles. The van der Waals surface area contributed by atoms with Gasteiger partial charge < -0.3 is 11.1 Å². The first-order valence-electron chi connectivity index (χ1n) is 5.72. The van der Waals surface area contributed by atoms with E-state index in [0.29, 0.717) is 17.7 Å². The number of amides is 1. The van der Waals surface area contributed by atoms with E-state index in [1.807, 2.05) is 6.92 Å². The molecule has 0 bridgehead atoms. The Morgan fingerprint density at radius 1 is 1.35 bits per heavy atom. The molecular formula is C13H18N2O2. The van der Waals surface area contributed by atoms with E-state index in [1.54, 1.807) is 24.3 Å². The van der Waals surface area contributed by atoms with Crippen LogP contribution in [0, 0.1) is 0 Å². The van der Waals surface area contributed by atoms with Crippen molar-refractivity contribution < 1.29 is 9.59 Å². The van der Waals surface area contributed by atoms with Gasteiger partial charge in [0, 0.05) is 5.69 Å². The lowest BCUT2D eigenvalue weighted by Crippen LogP contribution is -2.39. The lowest BCUT2D eigenvalue weighted by molar-refractivity contribution is -0.118. The number of carbonyl (C=O) groups is 2. The number of Topliss-reactive ketones (excluding diaryl/α,β-unsaturated/α-hetero) is 1. The Labute approximate surface area is 101 Å². The van der Waals surface area contributed by atoms with Gasteiger partial charge in [0.05, 0.1) is 11.6 Å². The van der Waals surface area contributed by atoms with Gasteiger partial charge in [0.15, 0.2) is 5.78 Å². The molecular weight excluding hydrogens is 216 g/mol. The van der Waals surface area contributed by atoms with Crippen LogP contribution in [-0.2, 0) is 4.79 Å². The molecule has 1 unspecified atom stereocenters. The van der Waals surface area contributed by atoms with Crippen LogP contribution in [0.15, 0.2) is 24.3 Å². The molecule has 0 saturated carbocycles. The Morgan fingerprint density at radius 3 is 2.53 bits per heavy atom. The molecule has 1 amide bonds. The van der Waals surface area contributed by atoms with Crippen LogP contribution in [0.1, 0.15) is 37.0 Å². The minimum Gasteiger partial charge on any atom is -0.398 e. The zero-order valence-electron chi connectivity index (χ0n) is 10.2. The van der Waals surface area contributed by atoms with Crippen LogP contribution in [-0.4, -0.2) is 17.7 Å². The van der Waals surface area contributed by atoms with E-state index in [4.69, 9.17) is 5.73 Å². The number of carbonyl (C=O) groups excluding carboxylic acids is 2. The van der Waals surface area contributed by atoms with Gasteiger partial charge in [-0.3, -0.25) is 9.59 Å². The van der Waals surface area contributed by atoms with Crippen LogP contribution in [0.4, 0.5) is 5.69 Å². The van der Waals surface area contributed by atoms with Gasteiger partial charge >= 0.3 is 0 Å². The molecule has 17 heavy (non-hydrogen) atoms. The Kier molecular flexibility index (Phi) is 4.69. The number of benzene rings is 1. The molecule has 0 heterocycles. The average molecular weight is 234 g/mol. The van der Waals surface area contributed by atoms with E-state index in [2.05, 4.69) is 5.32 Å². The van der Waals surface area contributed by atoms with Crippen LogP contribution in [0.5, 0.6) is 0 Å². The van der Waals surface area contributed by atoms with Gasteiger partial charge in [0.1, 0.15) is 0 Å². The molecule has 1 aromatic rings. The van der Waals surface area contributed by atoms with E-state index >= 15 is 0 Å². The maximum atomic E-state index is 11.9. The zero-order valence-corrected chi connectivity index (χ0v) is 10.2. The maximum absolute atomic E-state index is 11.9. The van der Waals surface area contributed by atoms with Crippen molar-refractivity contribution in [3.63, 3.8) is 0 Å². The van der Waals surface area contributed by atoms with E-state index in [1.165, 1.54) is 6.92 Å². The van der Waals surface area contributed by atoms with Crippen LogP contribution in [0.25, 0.3) is 0 Å². The Bertz CT molecular complexity index is 416. The number of para-hydroxylation sites is 1. The van der Waals surface area contributed by atoms with Crippen LogP contribution < -0.4 is 11.1 Å². The van der Waals surface area contributed by atoms with Crippen molar-refractivity contribution in [2.45, 2.75) is 32.7 Å². The second kappa shape index (κ2) is 6.03. The molecule has 1 rings (SSSR count). The first-order valence-corrected chi connectivity index (χ1v) is 5.72. The number of rotatable bonds is 5. The minimum atomic E-state index is -0.424. The average Bonchev–Trinajstić information content (AvgIpc) is 2.28. The summed E-state index contributed by atoms with van der Waals surface area (Å²) in [4.78, 5) is 23.3. The number of anilines is 1. The van der Waals surface area contributed by atoms with Crippen LogP contribution in [0.3, 0.4) is 0 Å². The van der Waals surface area contributed by atoms with Crippen molar-refractivity contribution in [1.82, 2.24) is 5.32 Å². The molecule has 0 aliphatic rings. The summed E-state index contributed by atoms with van der Waals surface area (Å²) in [6.45, 7) is 3.45. The lowest BCUT2D eigenvalue weighted by Gasteiger charge is -2.15. The molecule has 92 valence electrons. The lowest BCUT2D eigenvalue weighted by atomic mass is 10.1. The molecule has 0 radical (unpaired) electrons. The van der Waals surface area contributed by atoms with E-state index < -0.39 is 6.04 Å². The van der Waals surface area contributed by atoms with Gasteiger partial charge in [-0.1, -0.05) is 25.5 Å².